The van der Waals surface area contributed by atoms with Crippen molar-refractivity contribution in [1.29, 1.82) is 0 Å². The first-order chi connectivity index (χ1) is 14.0. The second-order valence-electron chi connectivity index (χ2n) is 6.08. The van der Waals surface area contributed by atoms with Crippen molar-refractivity contribution in [2.75, 3.05) is 5.32 Å². The van der Waals surface area contributed by atoms with Crippen LogP contribution in [0.1, 0.15) is 26.3 Å². The Morgan fingerprint density at radius 2 is 1.62 bits per heavy atom. The van der Waals surface area contributed by atoms with Crippen molar-refractivity contribution in [3.8, 4) is 5.75 Å². The standard InChI is InChI=1S/C22H18N2O4S/c25-20(24-22(29)23-18-11-9-16(10-12-18)21(26)27)17-6-4-5-15(13-17)14-28-19-7-2-1-3-8-19/h1-13H,14H2,(H,26,27)(H2,23,24,25,29)/p-1. The molecule has 7 heteroatoms. The molecule has 6 nitrogen and oxygen atoms in total. The lowest BCUT2D eigenvalue weighted by molar-refractivity contribution is -0.255. The van der Waals surface area contributed by atoms with E-state index < -0.39 is 5.97 Å². The van der Waals surface area contributed by atoms with Crippen LogP contribution in [0.15, 0.2) is 78.9 Å². The summed E-state index contributed by atoms with van der Waals surface area (Å²) in [4.78, 5) is 23.2. The number of aromatic carboxylic acids is 1. The number of benzene rings is 3. The van der Waals surface area contributed by atoms with Crippen LogP contribution >= 0.6 is 12.2 Å². The van der Waals surface area contributed by atoms with Gasteiger partial charge in [0.25, 0.3) is 5.91 Å². The first-order valence-electron chi connectivity index (χ1n) is 8.72. The minimum Gasteiger partial charge on any atom is -0.545 e. The van der Waals surface area contributed by atoms with Crippen molar-refractivity contribution in [2.45, 2.75) is 6.61 Å². The predicted octanol–water partition coefficient (Wildman–Crippen LogP) is 2.76. The van der Waals surface area contributed by atoms with E-state index in [1.807, 2.05) is 36.4 Å². The van der Waals surface area contributed by atoms with Crippen molar-refractivity contribution in [3.63, 3.8) is 0 Å². The highest BCUT2D eigenvalue weighted by atomic mass is 32.1. The molecule has 3 aromatic carbocycles. The monoisotopic (exact) mass is 405 g/mol. The van der Waals surface area contributed by atoms with Crippen molar-refractivity contribution < 1.29 is 19.4 Å². The van der Waals surface area contributed by atoms with E-state index >= 15 is 0 Å². The Bertz CT molecular complexity index is 1020. The second kappa shape index (κ2) is 9.48. The topological polar surface area (TPSA) is 90.5 Å². The normalized spacial score (nSPS) is 10.1. The van der Waals surface area contributed by atoms with Gasteiger partial charge < -0.3 is 20.0 Å². The Kier molecular flexibility index (Phi) is 6.55. The summed E-state index contributed by atoms with van der Waals surface area (Å²) in [5.74, 6) is -0.878. The maximum atomic E-state index is 12.4. The molecule has 0 spiro atoms. The number of rotatable bonds is 6. The highest BCUT2D eigenvalue weighted by Gasteiger charge is 2.09. The third-order valence-corrected chi connectivity index (χ3v) is 4.15. The van der Waals surface area contributed by atoms with E-state index in [1.165, 1.54) is 24.3 Å². The minimum absolute atomic E-state index is 0.0556. The van der Waals surface area contributed by atoms with Crippen molar-refractivity contribution in [1.82, 2.24) is 5.32 Å². The number of carboxylic acid groups (broad SMARTS) is 1. The Hall–Kier alpha value is -3.71. The summed E-state index contributed by atoms with van der Waals surface area (Å²) in [6, 6.07) is 22.3. The van der Waals surface area contributed by atoms with Gasteiger partial charge in [0.1, 0.15) is 12.4 Å². The van der Waals surface area contributed by atoms with Gasteiger partial charge in [-0.05, 0) is 59.7 Å². The van der Waals surface area contributed by atoms with Crippen LogP contribution in [0, 0.1) is 0 Å². The molecule has 146 valence electrons. The zero-order valence-electron chi connectivity index (χ0n) is 15.3. The molecule has 0 fully saturated rings. The molecule has 1 amide bonds. The van der Waals surface area contributed by atoms with Crippen molar-refractivity contribution in [3.05, 3.63) is 95.6 Å². The molecule has 0 atom stereocenters. The zero-order chi connectivity index (χ0) is 20.6. The number of ether oxygens (including phenoxy) is 1. The predicted molar refractivity (Wildman–Crippen MR) is 112 cm³/mol. The van der Waals surface area contributed by atoms with Crippen LogP contribution < -0.4 is 20.5 Å². The third kappa shape index (κ3) is 5.88. The average molecular weight is 405 g/mol. The van der Waals surface area contributed by atoms with E-state index in [0.717, 1.165) is 11.3 Å². The molecular formula is C22H17N2O4S-. The van der Waals surface area contributed by atoms with E-state index in [1.54, 1.807) is 18.2 Å². The first kappa shape index (κ1) is 20.0. The molecule has 3 aromatic rings. The van der Waals surface area contributed by atoms with Crippen molar-refractivity contribution >= 4 is 34.9 Å². The second-order valence-corrected chi connectivity index (χ2v) is 6.48. The molecule has 0 aliphatic heterocycles. The smallest absolute Gasteiger partial charge is 0.257 e. The number of nitrogens with one attached hydrogen (secondary N) is 2. The molecule has 0 saturated heterocycles. The lowest BCUT2D eigenvalue weighted by Gasteiger charge is -2.11. The number of thiocarbonyl (C=S) groups is 1. The van der Waals surface area contributed by atoms with E-state index in [-0.39, 0.29) is 16.6 Å². The molecule has 0 radical (unpaired) electrons. The Labute approximate surface area is 173 Å². The molecular weight excluding hydrogens is 388 g/mol. The molecule has 0 aliphatic rings. The Balaban J connectivity index is 1.57. The number of hydrogen-bond donors (Lipinski definition) is 2. The van der Waals surface area contributed by atoms with Gasteiger partial charge in [-0.2, -0.15) is 0 Å². The molecule has 0 unspecified atom stereocenters. The van der Waals surface area contributed by atoms with Crippen LogP contribution in [0.3, 0.4) is 0 Å². The lowest BCUT2D eigenvalue weighted by atomic mass is 10.1. The van der Waals surface area contributed by atoms with Crippen LogP contribution in [-0.4, -0.2) is 17.0 Å². The summed E-state index contributed by atoms with van der Waals surface area (Å²) in [6.07, 6.45) is 0. The number of carboxylic acids is 1. The maximum Gasteiger partial charge on any atom is 0.257 e. The van der Waals surface area contributed by atoms with Gasteiger partial charge in [-0.1, -0.05) is 42.5 Å². The molecule has 0 saturated carbocycles. The van der Waals surface area contributed by atoms with Gasteiger partial charge in [0.05, 0.1) is 5.97 Å². The molecule has 2 N–H and O–H groups in total. The van der Waals surface area contributed by atoms with Gasteiger partial charge in [0.15, 0.2) is 5.11 Å². The lowest BCUT2D eigenvalue weighted by Crippen LogP contribution is -2.34. The summed E-state index contributed by atoms with van der Waals surface area (Å²) >= 11 is 5.15. The van der Waals surface area contributed by atoms with E-state index in [9.17, 15) is 14.7 Å². The fourth-order valence-electron chi connectivity index (χ4n) is 2.51. The van der Waals surface area contributed by atoms with Crippen LogP contribution in [0.25, 0.3) is 0 Å². The molecule has 0 aliphatic carbocycles. The van der Waals surface area contributed by atoms with Crippen LogP contribution in [0.5, 0.6) is 5.75 Å². The number of para-hydroxylation sites is 1. The summed E-state index contributed by atoms with van der Waals surface area (Å²) < 4.78 is 5.70. The molecule has 0 heterocycles. The SMILES string of the molecule is O=C([O-])c1ccc(NC(=S)NC(=O)c2cccc(COc3ccccc3)c2)cc1. The van der Waals surface area contributed by atoms with Crippen molar-refractivity contribution in [2.24, 2.45) is 0 Å². The number of hydrogen-bond acceptors (Lipinski definition) is 5. The van der Waals surface area contributed by atoms with Gasteiger partial charge in [-0.25, -0.2) is 0 Å². The highest BCUT2D eigenvalue weighted by Crippen LogP contribution is 2.13. The van der Waals surface area contributed by atoms with Crippen LogP contribution in [-0.2, 0) is 6.61 Å². The fourth-order valence-corrected chi connectivity index (χ4v) is 2.72. The Morgan fingerprint density at radius 1 is 0.897 bits per heavy atom. The maximum absolute atomic E-state index is 12.4. The van der Waals surface area contributed by atoms with Gasteiger partial charge in [0.2, 0.25) is 0 Å². The molecule has 0 bridgehead atoms. The third-order valence-electron chi connectivity index (χ3n) is 3.94. The molecule has 29 heavy (non-hydrogen) atoms. The van der Waals surface area contributed by atoms with Gasteiger partial charge in [-0.3, -0.25) is 10.1 Å². The Morgan fingerprint density at radius 3 is 2.31 bits per heavy atom. The number of amides is 1. The summed E-state index contributed by atoms with van der Waals surface area (Å²) in [5, 5.41) is 16.3. The van der Waals surface area contributed by atoms with Gasteiger partial charge in [-0.15, -0.1) is 0 Å². The minimum atomic E-state index is -1.26. The van der Waals surface area contributed by atoms with Crippen LogP contribution in [0.4, 0.5) is 5.69 Å². The summed E-state index contributed by atoms with van der Waals surface area (Å²) in [6.45, 7) is 0.332. The van der Waals surface area contributed by atoms with E-state index in [4.69, 9.17) is 17.0 Å². The van der Waals surface area contributed by atoms with E-state index in [0.29, 0.717) is 17.9 Å². The zero-order valence-corrected chi connectivity index (χ0v) is 16.1. The summed E-state index contributed by atoms with van der Waals surface area (Å²) in [5.41, 5.74) is 1.89. The number of carbonyl (C=O) groups is 2. The van der Waals surface area contributed by atoms with Gasteiger partial charge in [0, 0.05) is 11.3 Å². The van der Waals surface area contributed by atoms with Gasteiger partial charge >= 0.3 is 0 Å². The number of carbonyl (C=O) groups excluding carboxylic acids is 2. The first-order valence-corrected chi connectivity index (χ1v) is 9.12. The quantitative estimate of drug-likeness (QED) is 0.613. The van der Waals surface area contributed by atoms with E-state index in [2.05, 4.69) is 10.6 Å². The largest absolute Gasteiger partial charge is 0.545 e. The highest BCUT2D eigenvalue weighted by molar-refractivity contribution is 7.80. The summed E-state index contributed by atoms with van der Waals surface area (Å²) in [7, 11) is 0. The van der Waals surface area contributed by atoms with Crippen LogP contribution in [0.2, 0.25) is 0 Å². The fraction of sp³-hybridized carbons (Fsp3) is 0.0455. The average Bonchev–Trinajstić information content (AvgIpc) is 2.73. The number of anilines is 1. The molecule has 3 rings (SSSR count). The molecule has 0 aromatic heterocycles.